The summed E-state index contributed by atoms with van der Waals surface area (Å²) in [5, 5.41) is 14.8. The number of anilines is 2. The number of rotatable bonds is 6. The van der Waals surface area contributed by atoms with Crippen molar-refractivity contribution in [1.82, 2.24) is 9.97 Å². The highest BCUT2D eigenvalue weighted by Gasteiger charge is 2.25. The predicted molar refractivity (Wildman–Crippen MR) is 102 cm³/mol. The summed E-state index contributed by atoms with van der Waals surface area (Å²) in [5.41, 5.74) is 2.13. The molecule has 0 fully saturated rings. The standard InChI is InChI=1S/C19H18N4O4/c1-12-6-4-5-7-14(12)17-18(23(24)25)19(21-11-20-17)22-15-9-8-13(26-2)10-16(15)27-3/h4-11H,1-3H3,(H,20,21,22). The van der Waals surface area contributed by atoms with Crippen LogP contribution in [0.3, 0.4) is 0 Å². The van der Waals surface area contributed by atoms with Gasteiger partial charge in [-0.3, -0.25) is 10.1 Å². The first kappa shape index (κ1) is 18.1. The van der Waals surface area contributed by atoms with Gasteiger partial charge in [0.1, 0.15) is 17.8 Å². The number of hydrogen-bond donors (Lipinski definition) is 1. The van der Waals surface area contributed by atoms with Crippen LogP contribution in [0.25, 0.3) is 11.3 Å². The third kappa shape index (κ3) is 3.64. The van der Waals surface area contributed by atoms with E-state index in [2.05, 4.69) is 15.3 Å². The summed E-state index contributed by atoms with van der Waals surface area (Å²) in [6, 6.07) is 12.5. The van der Waals surface area contributed by atoms with Gasteiger partial charge in [0.25, 0.3) is 0 Å². The van der Waals surface area contributed by atoms with Crippen molar-refractivity contribution in [3.63, 3.8) is 0 Å². The maximum atomic E-state index is 11.8. The highest BCUT2D eigenvalue weighted by atomic mass is 16.6. The molecule has 3 rings (SSSR count). The number of methoxy groups -OCH3 is 2. The quantitative estimate of drug-likeness (QED) is 0.517. The van der Waals surface area contributed by atoms with Gasteiger partial charge < -0.3 is 14.8 Å². The summed E-state index contributed by atoms with van der Waals surface area (Å²) in [5.74, 6) is 1.16. The predicted octanol–water partition coefficient (Wildman–Crippen LogP) is 4.12. The summed E-state index contributed by atoms with van der Waals surface area (Å²) in [6.07, 6.45) is 1.30. The molecule has 8 heteroatoms. The van der Waals surface area contributed by atoms with Gasteiger partial charge in [-0.25, -0.2) is 9.97 Å². The molecule has 0 aliphatic heterocycles. The Morgan fingerprint density at radius 1 is 1.07 bits per heavy atom. The van der Waals surface area contributed by atoms with E-state index < -0.39 is 4.92 Å². The lowest BCUT2D eigenvalue weighted by molar-refractivity contribution is -0.383. The molecule has 0 bridgehead atoms. The second kappa shape index (κ2) is 7.69. The molecule has 8 nitrogen and oxygen atoms in total. The summed E-state index contributed by atoms with van der Waals surface area (Å²) < 4.78 is 10.5. The van der Waals surface area contributed by atoms with Gasteiger partial charge in [0, 0.05) is 11.6 Å². The third-order valence-corrected chi connectivity index (χ3v) is 4.07. The average Bonchev–Trinajstić information content (AvgIpc) is 2.68. The van der Waals surface area contributed by atoms with Crippen molar-refractivity contribution in [2.75, 3.05) is 19.5 Å². The molecular weight excluding hydrogens is 348 g/mol. The van der Waals surface area contributed by atoms with Crippen molar-refractivity contribution in [3.8, 4) is 22.8 Å². The highest BCUT2D eigenvalue weighted by molar-refractivity contribution is 5.81. The van der Waals surface area contributed by atoms with E-state index in [1.54, 1.807) is 31.4 Å². The Hall–Kier alpha value is -3.68. The largest absolute Gasteiger partial charge is 0.497 e. The van der Waals surface area contributed by atoms with Crippen LogP contribution in [0.2, 0.25) is 0 Å². The molecule has 0 aliphatic rings. The van der Waals surface area contributed by atoms with Gasteiger partial charge >= 0.3 is 5.69 Å². The molecule has 27 heavy (non-hydrogen) atoms. The van der Waals surface area contributed by atoms with Gasteiger partial charge in [-0.15, -0.1) is 0 Å². The molecule has 0 aliphatic carbocycles. The van der Waals surface area contributed by atoms with Crippen LogP contribution in [-0.4, -0.2) is 29.1 Å². The van der Waals surface area contributed by atoms with Crippen molar-refractivity contribution < 1.29 is 14.4 Å². The van der Waals surface area contributed by atoms with Gasteiger partial charge in [-0.05, 0) is 24.6 Å². The van der Waals surface area contributed by atoms with Gasteiger partial charge in [0.05, 0.1) is 24.8 Å². The zero-order valence-electron chi connectivity index (χ0n) is 15.1. The minimum Gasteiger partial charge on any atom is -0.497 e. The molecule has 2 aromatic carbocycles. The molecule has 0 atom stereocenters. The first-order chi connectivity index (χ1) is 13.0. The van der Waals surface area contributed by atoms with E-state index >= 15 is 0 Å². The number of benzene rings is 2. The molecule has 0 unspecified atom stereocenters. The number of aryl methyl sites for hydroxylation is 1. The normalized spacial score (nSPS) is 10.3. The van der Waals surface area contributed by atoms with E-state index in [1.807, 2.05) is 25.1 Å². The van der Waals surface area contributed by atoms with E-state index in [9.17, 15) is 10.1 Å². The summed E-state index contributed by atoms with van der Waals surface area (Å²) >= 11 is 0. The van der Waals surface area contributed by atoms with E-state index in [1.165, 1.54) is 13.4 Å². The Morgan fingerprint density at radius 3 is 2.52 bits per heavy atom. The van der Waals surface area contributed by atoms with Crippen molar-refractivity contribution in [3.05, 3.63) is 64.5 Å². The lowest BCUT2D eigenvalue weighted by atomic mass is 10.0. The SMILES string of the molecule is COc1ccc(Nc2ncnc(-c3ccccc3C)c2[N+](=O)[O-])c(OC)c1. The van der Waals surface area contributed by atoms with Gasteiger partial charge in [0.15, 0.2) is 5.69 Å². The van der Waals surface area contributed by atoms with Crippen LogP contribution in [-0.2, 0) is 0 Å². The molecule has 0 radical (unpaired) electrons. The number of nitrogens with one attached hydrogen (secondary N) is 1. The second-order valence-corrected chi connectivity index (χ2v) is 5.68. The Kier molecular flexibility index (Phi) is 5.16. The molecule has 0 amide bonds. The van der Waals surface area contributed by atoms with Crippen LogP contribution >= 0.6 is 0 Å². The minimum atomic E-state index is -0.486. The molecular formula is C19H18N4O4. The number of ether oxygens (including phenoxy) is 2. The molecule has 0 saturated heterocycles. The van der Waals surface area contributed by atoms with Crippen LogP contribution in [0.5, 0.6) is 11.5 Å². The maximum Gasteiger partial charge on any atom is 0.337 e. The lowest BCUT2D eigenvalue weighted by Crippen LogP contribution is -2.04. The maximum absolute atomic E-state index is 11.8. The Balaban J connectivity index is 2.11. The van der Waals surface area contributed by atoms with Crippen LogP contribution in [0.1, 0.15) is 5.56 Å². The third-order valence-electron chi connectivity index (χ3n) is 4.07. The van der Waals surface area contributed by atoms with Crippen molar-refractivity contribution in [2.24, 2.45) is 0 Å². The Bertz CT molecular complexity index is 991. The van der Waals surface area contributed by atoms with Crippen LogP contribution < -0.4 is 14.8 Å². The van der Waals surface area contributed by atoms with Gasteiger partial charge in [0.2, 0.25) is 5.82 Å². The first-order valence-corrected chi connectivity index (χ1v) is 8.09. The van der Waals surface area contributed by atoms with Crippen LogP contribution in [0.15, 0.2) is 48.8 Å². The molecule has 1 N–H and O–H groups in total. The smallest absolute Gasteiger partial charge is 0.337 e. The van der Waals surface area contributed by atoms with Crippen molar-refractivity contribution in [2.45, 2.75) is 6.92 Å². The minimum absolute atomic E-state index is 0.0803. The molecule has 138 valence electrons. The molecule has 1 heterocycles. The Morgan fingerprint density at radius 2 is 1.85 bits per heavy atom. The average molecular weight is 366 g/mol. The topological polar surface area (TPSA) is 99.4 Å². The van der Waals surface area contributed by atoms with Gasteiger partial charge in [-0.2, -0.15) is 0 Å². The fourth-order valence-electron chi connectivity index (χ4n) is 2.71. The van der Waals surface area contributed by atoms with Crippen LogP contribution in [0.4, 0.5) is 17.2 Å². The number of nitro groups is 1. The Labute approximate surface area is 156 Å². The number of nitrogens with zero attached hydrogens (tertiary/aromatic N) is 3. The lowest BCUT2D eigenvalue weighted by Gasteiger charge is -2.13. The summed E-state index contributed by atoms with van der Waals surface area (Å²) in [4.78, 5) is 19.6. The second-order valence-electron chi connectivity index (χ2n) is 5.68. The molecule has 0 saturated carbocycles. The molecule has 1 aromatic heterocycles. The fraction of sp³-hybridized carbons (Fsp3) is 0.158. The van der Waals surface area contributed by atoms with Crippen molar-refractivity contribution in [1.29, 1.82) is 0 Å². The van der Waals surface area contributed by atoms with Crippen molar-refractivity contribution >= 4 is 17.2 Å². The van der Waals surface area contributed by atoms with E-state index in [0.29, 0.717) is 22.7 Å². The zero-order valence-corrected chi connectivity index (χ0v) is 15.1. The summed E-state index contributed by atoms with van der Waals surface area (Å²) in [6.45, 7) is 1.88. The molecule has 3 aromatic rings. The zero-order chi connectivity index (χ0) is 19.4. The van der Waals surface area contributed by atoms with E-state index in [4.69, 9.17) is 9.47 Å². The molecule has 0 spiro atoms. The fourth-order valence-corrected chi connectivity index (χ4v) is 2.71. The van der Waals surface area contributed by atoms with E-state index in [0.717, 1.165) is 5.56 Å². The van der Waals surface area contributed by atoms with Crippen LogP contribution in [0, 0.1) is 17.0 Å². The number of hydrogen-bond acceptors (Lipinski definition) is 7. The first-order valence-electron chi connectivity index (χ1n) is 8.09. The van der Waals surface area contributed by atoms with Gasteiger partial charge in [-0.1, -0.05) is 24.3 Å². The highest BCUT2D eigenvalue weighted by Crippen LogP contribution is 2.38. The van der Waals surface area contributed by atoms with E-state index in [-0.39, 0.29) is 17.2 Å². The number of aromatic nitrogens is 2. The monoisotopic (exact) mass is 366 g/mol. The summed E-state index contributed by atoms with van der Waals surface area (Å²) in [7, 11) is 3.05.